The topological polar surface area (TPSA) is 84.7 Å². The van der Waals surface area contributed by atoms with Gasteiger partial charge < -0.3 is 19.5 Å². The number of benzene rings is 2. The summed E-state index contributed by atoms with van der Waals surface area (Å²) in [5.41, 5.74) is 2.18. The average molecular weight is 468 g/mol. The van der Waals surface area contributed by atoms with Crippen LogP contribution in [0.15, 0.2) is 59.1 Å². The maximum atomic E-state index is 12.8. The van der Waals surface area contributed by atoms with Crippen LogP contribution in [0.4, 0.5) is 0 Å². The van der Waals surface area contributed by atoms with Gasteiger partial charge in [0.15, 0.2) is 11.5 Å². The highest BCUT2D eigenvalue weighted by Crippen LogP contribution is 2.31. The van der Waals surface area contributed by atoms with Crippen LogP contribution in [0.5, 0.6) is 5.75 Å². The number of halogens is 1. The quantitative estimate of drug-likeness (QED) is 0.482. The Labute approximate surface area is 197 Å². The number of hydrogen-bond donors (Lipinski definition) is 1. The summed E-state index contributed by atoms with van der Waals surface area (Å²) in [6.45, 7) is 1.16. The zero-order valence-corrected chi connectivity index (χ0v) is 19.2. The van der Waals surface area contributed by atoms with Gasteiger partial charge in [-0.1, -0.05) is 41.0 Å². The van der Waals surface area contributed by atoms with E-state index in [9.17, 15) is 9.59 Å². The predicted molar refractivity (Wildman–Crippen MR) is 124 cm³/mol. The summed E-state index contributed by atoms with van der Waals surface area (Å²) in [7, 11) is 1.63. The zero-order valence-electron chi connectivity index (χ0n) is 18.4. The highest BCUT2D eigenvalue weighted by Gasteiger charge is 2.33. The average Bonchev–Trinajstić information content (AvgIpc) is 3.58. The van der Waals surface area contributed by atoms with Gasteiger partial charge in [0, 0.05) is 30.1 Å². The minimum Gasteiger partial charge on any atom is -0.497 e. The van der Waals surface area contributed by atoms with Gasteiger partial charge in [0.25, 0.3) is 5.91 Å². The first-order valence-electron chi connectivity index (χ1n) is 10.9. The molecular formula is C25H26ClN3O4. The van der Waals surface area contributed by atoms with Gasteiger partial charge in [-0.25, -0.2) is 0 Å². The summed E-state index contributed by atoms with van der Waals surface area (Å²) in [5, 5.41) is 7.31. The summed E-state index contributed by atoms with van der Waals surface area (Å²) < 4.78 is 10.6. The van der Waals surface area contributed by atoms with Crippen LogP contribution in [-0.4, -0.2) is 35.5 Å². The summed E-state index contributed by atoms with van der Waals surface area (Å²) >= 11 is 5.98. The molecule has 1 saturated carbocycles. The number of nitrogens with one attached hydrogen (secondary N) is 1. The first-order valence-corrected chi connectivity index (χ1v) is 11.3. The zero-order chi connectivity index (χ0) is 23.2. The second-order valence-corrected chi connectivity index (χ2v) is 8.56. The fraction of sp³-hybridized carbons (Fsp3) is 0.320. The molecule has 0 aliphatic heterocycles. The lowest BCUT2D eigenvalue weighted by Gasteiger charge is -2.21. The molecule has 0 saturated heterocycles. The minimum atomic E-state index is -0.344. The number of amides is 2. The molecule has 2 amide bonds. The molecule has 8 heteroatoms. The lowest BCUT2D eigenvalue weighted by Crippen LogP contribution is -2.33. The smallest absolute Gasteiger partial charge is 0.273 e. The van der Waals surface area contributed by atoms with Crippen molar-refractivity contribution in [2.24, 2.45) is 5.92 Å². The lowest BCUT2D eigenvalue weighted by molar-refractivity contribution is -0.133. The molecule has 172 valence electrons. The Bertz CT molecular complexity index is 1110. The standard InChI is InChI=1S/C25H26ClN3O4/c1-32-21-9-5-17(6-10-21)11-12-29(25(31)19-7-8-19)16-22-14-23(28-33-22)24(30)27-15-18-3-2-4-20(26)13-18/h2-6,9-10,13-14,19H,7-8,11-12,15-16H2,1H3,(H,27,30). The van der Waals surface area contributed by atoms with Gasteiger partial charge in [0.05, 0.1) is 13.7 Å². The number of carbonyl (C=O) groups is 2. The van der Waals surface area contributed by atoms with Crippen molar-refractivity contribution in [3.63, 3.8) is 0 Å². The molecule has 2 aromatic carbocycles. The van der Waals surface area contributed by atoms with E-state index in [4.69, 9.17) is 20.9 Å². The maximum absolute atomic E-state index is 12.8. The molecule has 0 bridgehead atoms. The number of carbonyl (C=O) groups excluding carboxylic acids is 2. The van der Waals surface area contributed by atoms with Gasteiger partial charge >= 0.3 is 0 Å². The largest absolute Gasteiger partial charge is 0.497 e. The first-order chi connectivity index (χ1) is 16.0. The van der Waals surface area contributed by atoms with E-state index >= 15 is 0 Å². The Morgan fingerprint density at radius 2 is 1.94 bits per heavy atom. The molecule has 0 spiro atoms. The monoisotopic (exact) mass is 467 g/mol. The molecule has 4 rings (SSSR count). The van der Waals surface area contributed by atoms with Crippen molar-refractivity contribution < 1.29 is 18.8 Å². The Morgan fingerprint density at radius 1 is 1.15 bits per heavy atom. The normalized spacial score (nSPS) is 12.9. The Hall–Kier alpha value is -3.32. The minimum absolute atomic E-state index is 0.0873. The first kappa shape index (κ1) is 22.9. The van der Waals surface area contributed by atoms with Crippen molar-refractivity contribution in [1.82, 2.24) is 15.4 Å². The Kier molecular flexibility index (Phi) is 7.29. The molecule has 33 heavy (non-hydrogen) atoms. The van der Waals surface area contributed by atoms with E-state index < -0.39 is 0 Å². The summed E-state index contributed by atoms with van der Waals surface area (Å²) in [6.07, 6.45) is 2.56. The highest BCUT2D eigenvalue weighted by molar-refractivity contribution is 6.30. The third kappa shape index (κ3) is 6.35. The van der Waals surface area contributed by atoms with Gasteiger partial charge in [-0.3, -0.25) is 9.59 Å². The maximum Gasteiger partial charge on any atom is 0.273 e. The number of methoxy groups -OCH3 is 1. The molecule has 1 fully saturated rings. The van der Waals surface area contributed by atoms with Crippen LogP contribution in [0, 0.1) is 5.92 Å². The number of ether oxygens (including phenoxy) is 1. The molecule has 1 aromatic heterocycles. The molecule has 0 radical (unpaired) electrons. The molecule has 7 nitrogen and oxygen atoms in total. The number of nitrogens with zero attached hydrogens (tertiary/aromatic N) is 2. The van der Waals surface area contributed by atoms with Crippen molar-refractivity contribution in [2.45, 2.75) is 32.4 Å². The molecule has 1 heterocycles. The third-order valence-electron chi connectivity index (χ3n) is 5.55. The van der Waals surface area contributed by atoms with E-state index in [2.05, 4.69) is 10.5 Å². The number of hydrogen-bond acceptors (Lipinski definition) is 5. The van der Waals surface area contributed by atoms with Gasteiger partial charge in [-0.05, 0) is 54.7 Å². The van der Waals surface area contributed by atoms with Crippen molar-refractivity contribution >= 4 is 23.4 Å². The van der Waals surface area contributed by atoms with Crippen LogP contribution in [0.25, 0.3) is 0 Å². The second kappa shape index (κ2) is 10.5. The van der Waals surface area contributed by atoms with Crippen LogP contribution < -0.4 is 10.1 Å². The van der Waals surface area contributed by atoms with Crippen LogP contribution in [0.1, 0.15) is 40.2 Å². The molecular weight excluding hydrogens is 442 g/mol. The summed E-state index contributed by atoms with van der Waals surface area (Å²) in [4.78, 5) is 27.1. The van der Waals surface area contributed by atoms with E-state index in [-0.39, 0.29) is 30.0 Å². The summed E-state index contributed by atoms with van der Waals surface area (Å²) in [5.74, 6) is 1.14. The van der Waals surface area contributed by atoms with Gasteiger partial charge in [0.1, 0.15) is 5.75 Å². The Morgan fingerprint density at radius 3 is 2.64 bits per heavy atom. The van der Waals surface area contributed by atoms with Gasteiger partial charge in [-0.2, -0.15) is 0 Å². The van der Waals surface area contributed by atoms with E-state index in [0.717, 1.165) is 29.7 Å². The number of rotatable bonds is 10. The van der Waals surface area contributed by atoms with Crippen molar-refractivity contribution in [1.29, 1.82) is 0 Å². The Balaban J connectivity index is 1.36. The third-order valence-corrected chi connectivity index (χ3v) is 5.78. The van der Waals surface area contributed by atoms with E-state index in [1.165, 1.54) is 0 Å². The van der Waals surface area contributed by atoms with E-state index in [0.29, 0.717) is 30.3 Å². The van der Waals surface area contributed by atoms with Crippen LogP contribution in [0.2, 0.25) is 5.02 Å². The fourth-order valence-corrected chi connectivity index (χ4v) is 3.73. The lowest BCUT2D eigenvalue weighted by atomic mass is 10.1. The van der Waals surface area contributed by atoms with Crippen molar-refractivity contribution in [3.05, 3.63) is 82.2 Å². The summed E-state index contributed by atoms with van der Waals surface area (Å²) in [6, 6.07) is 16.7. The molecule has 1 aliphatic carbocycles. The van der Waals surface area contributed by atoms with Crippen LogP contribution >= 0.6 is 11.6 Å². The van der Waals surface area contributed by atoms with Crippen LogP contribution in [-0.2, 0) is 24.3 Å². The van der Waals surface area contributed by atoms with Crippen LogP contribution in [0.3, 0.4) is 0 Å². The van der Waals surface area contributed by atoms with E-state index in [1.807, 2.05) is 36.4 Å². The predicted octanol–water partition coefficient (Wildman–Crippen LogP) is 4.25. The number of aromatic nitrogens is 1. The fourth-order valence-electron chi connectivity index (χ4n) is 3.51. The molecule has 1 N–H and O–H groups in total. The molecule has 3 aromatic rings. The van der Waals surface area contributed by atoms with Crippen molar-refractivity contribution in [3.8, 4) is 5.75 Å². The SMILES string of the molecule is COc1ccc(CCN(Cc2cc(C(=O)NCc3cccc(Cl)c3)no2)C(=O)C2CC2)cc1. The van der Waals surface area contributed by atoms with Gasteiger partial charge in [0.2, 0.25) is 5.91 Å². The van der Waals surface area contributed by atoms with Crippen molar-refractivity contribution in [2.75, 3.05) is 13.7 Å². The highest BCUT2D eigenvalue weighted by atomic mass is 35.5. The molecule has 0 unspecified atom stereocenters. The van der Waals surface area contributed by atoms with Gasteiger partial charge in [-0.15, -0.1) is 0 Å². The molecule has 0 atom stereocenters. The molecule has 1 aliphatic rings. The van der Waals surface area contributed by atoms with E-state index in [1.54, 1.807) is 30.2 Å². The second-order valence-electron chi connectivity index (χ2n) is 8.12.